The SMILES string of the molecule is O=C1O/C(=C\c2ccccc2)C=C1c1ccccc1. The molecule has 0 spiro atoms. The molecule has 0 bridgehead atoms. The molecule has 0 atom stereocenters. The third-order valence-corrected chi connectivity index (χ3v) is 2.91. The Hall–Kier alpha value is -2.61. The molecule has 0 aromatic heterocycles. The predicted octanol–water partition coefficient (Wildman–Crippen LogP) is 3.67. The van der Waals surface area contributed by atoms with Crippen LogP contribution >= 0.6 is 0 Å². The lowest BCUT2D eigenvalue weighted by molar-refractivity contribution is -0.131. The van der Waals surface area contributed by atoms with E-state index in [0.717, 1.165) is 11.1 Å². The number of hydrogen-bond acceptors (Lipinski definition) is 2. The molecule has 1 aliphatic heterocycles. The lowest BCUT2D eigenvalue weighted by atomic mass is 10.1. The number of carbonyl (C=O) groups excluding carboxylic acids is 1. The van der Waals surface area contributed by atoms with E-state index in [4.69, 9.17) is 4.74 Å². The molecule has 2 heteroatoms. The van der Waals surface area contributed by atoms with Crippen molar-refractivity contribution in [1.29, 1.82) is 0 Å². The minimum atomic E-state index is -0.298. The van der Waals surface area contributed by atoms with Crippen LogP contribution in [0.3, 0.4) is 0 Å². The highest BCUT2D eigenvalue weighted by atomic mass is 16.5. The van der Waals surface area contributed by atoms with Crippen molar-refractivity contribution in [3.05, 3.63) is 83.6 Å². The van der Waals surface area contributed by atoms with E-state index in [-0.39, 0.29) is 5.97 Å². The molecule has 1 aliphatic rings. The van der Waals surface area contributed by atoms with E-state index in [1.807, 2.05) is 66.7 Å². The molecule has 2 aromatic carbocycles. The highest BCUT2D eigenvalue weighted by Gasteiger charge is 2.22. The van der Waals surface area contributed by atoms with Crippen LogP contribution in [0, 0.1) is 0 Å². The van der Waals surface area contributed by atoms with Gasteiger partial charge >= 0.3 is 5.97 Å². The molecule has 19 heavy (non-hydrogen) atoms. The molecule has 0 amide bonds. The van der Waals surface area contributed by atoms with Crippen LogP contribution in [-0.4, -0.2) is 5.97 Å². The molecule has 0 saturated carbocycles. The van der Waals surface area contributed by atoms with Gasteiger partial charge < -0.3 is 4.74 Å². The summed E-state index contributed by atoms with van der Waals surface area (Å²) in [6.07, 6.45) is 3.64. The minimum Gasteiger partial charge on any atom is -0.423 e. The number of ether oxygens (including phenoxy) is 1. The molecular formula is C17H12O2. The van der Waals surface area contributed by atoms with E-state index in [1.165, 1.54) is 0 Å². The van der Waals surface area contributed by atoms with Crippen molar-refractivity contribution in [3.8, 4) is 0 Å². The predicted molar refractivity (Wildman–Crippen MR) is 74.9 cm³/mol. The highest BCUT2D eigenvalue weighted by Crippen LogP contribution is 2.27. The molecule has 2 aromatic rings. The molecule has 2 nitrogen and oxygen atoms in total. The quantitative estimate of drug-likeness (QED) is 0.758. The zero-order chi connectivity index (χ0) is 13.1. The maximum absolute atomic E-state index is 11.8. The normalized spacial score (nSPS) is 16.3. The van der Waals surface area contributed by atoms with Crippen molar-refractivity contribution in [2.24, 2.45) is 0 Å². The van der Waals surface area contributed by atoms with Crippen molar-refractivity contribution in [2.45, 2.75) is 0 Å². The molecule has 1 heterocycles. The number of allylic oxidation sites excluding steroid dienone is 1. The zero-order valence-electron chi connectivity index (χ0n) is 10.2. The summed E-state index contributed by atoms with van der Waals surface area (Å²) in [5, 5.41) is 0. The van der Waals surface area contributed by atoms with Crippen molar-refractivity contribution < 1.29 is 9.53 Å². The first-order valence-corrected chi connectivity index (χ1v) is 6.09. The van der Waals surface area contributed by atoms with Crippen LogP contribution in [0.4, 0.5) is 0 Å². The third kappa shape index (κ3) is 2.47. The Morgan fingerprint density at radius 3 is 2.16 bits per heavy atom. The van der Waals surface area contributed by atoms with Gasteiger partial charge in [-0.25, -0.2) is 4.79 Å². The monoisotopic (exact) mass is 248 g/mol. The Labute approximate surface area is 111 Å². The van der Waals surface area contributed by atoms with Gasteiger partial charge in [-0.15, -0.1) is 0 Å². The highest BCUT2D eigenvalue weighted by molar-refractivity contribution is 6.19. The third-order valence-electron chi connectivity index (χ3n) is 2.91. The number of carbonyl (C=O) groups is 1. The number of esters is 1. The Balaban J connectivity index is 1.94. The van der Waals surface area contributed by atoms with Gasteiger partial charge in [0.1, 0.15) is 5.76 Å². The van der Waals surface area contributed by atoms with E-state index < -0.39 is 0 Å². The fourth-order valence-electron chi connectivity index (χ4n) is 2.00. The average molecular weight is 248 g/mol. The zero-order valence-corrected chi connectivity index (χ0v) is 10.2. The summed E-state index contributed by atoms with van der Waals surface area (Å²) in [5.41, 5.74) is 2.49. The van der Waals surface area contributed by atoms with Crippen molar-refractivity contribution in [2.75, 3.05) is 0 Å². The Morgan fingerprint density at radius 2 is 1.47 bits per heavy atom. The van der Waals surface area contributed by atoms with Crippen molar-refractivity contribution >= 4 is 17.6 Å². The smallest absolute Gasteiger partial charge is 0.344 e. The first-order chi connectivity index (χ1) is 9.33. The second-order valence-electron chi connectivity index (χ2n) is 4.27. The second-order valence-corrected chi connectivity index (χ2v) is 4.27. The van der Waals surface area contributed by atoms with E-state index in [2.05, 4.69) is 0 Å². The Kier molecular flexibility index (Phi) is 2.99. The lowest BCUT2D eigenvalue weighted by Crippen LogP contribution is -1.97. The van der Waals surface area contributed by atoms with E-state index in [0.29, 0.717) is 11.3 Å². The first-order valence-electron chi connectivity index (χ1n) is 6.09. The Morgan fingerprint density at radius 1 is 0.842 bits per heavy atom. The van der Waals surface area contributed by atoms with Crippen LogP contribution in [0.1, 0.15) is 11.1 Å². The molecule has 0 radical (unpaired) electrons. The summed E-state index contributed by atoms with van der Waals surface area (Å²) in [4.78, 5) is 11.8. The van der Waals surface area contributed by atoms with Gasteiger partial charge in [0.25, 0.3) is 0 Å². The summed E-state index contributed by atoms with van der Waals surface area (Å²) in [6, 6.07) is 19.3. The molecular weight excluding hydrogens is 236 g/mol. The fraction of sp³-hybridized carbons (Fsp3) is 0. The van der Waals surface area contributed by atoms with Crippen LogP contribution < -0.4 is 0 Å². The minimum absolute atomic E-state index is 0.298. The first kappa shape index (κ1) is 11.5. The van der Waals surface area contributed by atoms with Gasteiger partial charge in [-0.3, -0.25) is 0 Å². The average Bonchev–Trinajstić information content (AvgIpc) is 2.82. The van der Waals surface area contributed by atoms with E-state index in [9.17, 15) is 4.79 Å². The van der Waals surface area contributed by atoms with Crippen molar-refractivity contribution in [3.63, 3.8) is 0 Å². The second kappa shape index (κ2) is 4.94. The molecule has 92 valence electrons. The maximum atomic E-state index is 11.8. The lowest BCUT2D eigenvalue weighted by Gasteiger charge is -1.98. The van der Waals surface area contributed by atoms with Gasteiger partial charge in [-0.2, -0.15) is 0 Å². The Bertz CT molecular complexity index is 652. The van der Waals surface area contributed by atoms with E-state index in [1.54, 1.807) is 6.08 Å². The van der Waals surface area contributed by atoms with Gasteiger partial charge in [0.15, 0.2) is 0 Å². The topological polar surface area (TPSA) is 26.3 Å². The van der Waals surface area contributed by atoms with Crippen LogP contribution in [0.15, 0.2) is 72.5 Å². The van der Waals surface area contributed by atoms with Gasteiger partial charge in [0.2, 0.25) is 0 Å². The molecule has 3 rings (SSSR count). The molecule has 0 fully saturated rings. The molecule has 0 N–H and O–H groups in total. The van der Waals surface area contributed by atoms with Gasteiger partial charge in [-0.05, 0) is 23.3 Å². The summed E-state index contributed by atoms with van der Waals surface area (Å²) in [7, 11) is 0. The summed E-state index contributed by atoms with van der Waals surface area (Å²) in [5.74, 6) is 0.281. The fourth-order valence-corrected chi connectivity index (χ4v) is 2.00. The van der Waals surface area contributed by atoms with Crippen LogP contribution in [0.25, 0.3) is 11.6 Å². The molecule has 0 unspecified atom stereocenters. The number of hydrogen-bond donors (Lipinski definition) is 0. The van der Waals surface area contributed by atoms with Crippen molar-refractivity contribution in [1.82, 2.24) is 0 Å². The maximum Gasteiger partial charge on any atom is 0.344 e. The van der Waals surface area contributed by atoms with Crippen LogP contribution in [-0.2, 0) is 9.53 Å². The summed E-state index contributed by atoms with van der Waals surface area (Å²) >= 11 is 0. The van der Waals surface area contributed by atoms with Gasteiger partial charge in [0, 0.05) is 0 Å². The standard InChI is InChI=1S/C17H12O2/c18-17-16(14-9-5-2-6-10-14)12-15(19-17)11-13-7-3-1-4-8-13/h1-12H/b15-11-. The van der Waals surface area contributed by atoms with E-state index >= 15 is 0 Å². The largest absolute Gasteiger partial charge is 0.423 e. The van der Waals surface area contributed by atoms with Crippen LogP contribution in [0.2, 0.25) is 0 Å². The van der Waals surface area contributed by atoms with Gasteiger partial charge in [0.05, 0.1) is 5.57 Å². The number of benzene rings is 2. The molecule has 0 aliphatic carbocycles. The number of rotatable bonds is 2. The number of cyclic esters (lactones) is 1. The molecule has 0 saturated heterocycles. The summed E-state index contributed by atoms with van der Waals surface area (Å²) in [6.45, 7) is 0. The van der Waals surface area contributed by atoms with Gasteiger partial charge in [-0.1, -0.05) is 60.7 Å². The summed E-state index contributed by atoms with van der Waals surface area (Å²) < 4.78 is 5.26. The van der Waals surface area contributed by atoms with Crippen LogP contribution in [0.5, 0.6) is 0 Å².